The second kappa shape index (κ2) is 18.6. The van der Waals surface area contributed by atoms with Crippen LogP contribution in [0.4, 0.5) is 5.82 Å². The van der Waals surface area contributed by atoms with Gasteiger partial charge in [-0.05, 0) is 71.5 Å². The molecule has 0 radical (unpaired) electrons. The van der Waals surface area contributed by atoms with Gasteiger partial charge in [-0.1, -0.05) is 66.7 Å². The molecule has 1 aliphatic heterocycles. The number of nitrogens with zero attached hydrogens (tertiary/aromatic N) is 2. The van der Waals surface area contributed by atoms with E-state index in [1.54, 1.807) is 53.6 Å². The van der Waals surface area contributed by atoms with Crippen molar-refractivity contribution in [2.45, 2.75) is 12.8 Å². The number of piperidine rings is 1. The zero-order valence-electron chi connectivity index (χ0n) is 32.0. The van der Waals surface area contributed by atoms with Crippen LogP contribution in [-0.4, -0.2) is 61.1 Å². The third kappa shape index (κ3) is 10.1. The van der Waals surface area contributed by atoms with Crippen LogP contribution in [0.1, 0.15) is 12.8 Å². The maximum atomic E-state index is 12.6. The number of ether oxygens (including phenoxy) is 3. The maximum Gasteiger partial charge on any atom is 0.336 e. The Bertz CT molecular complexity index is 2700. The Morgan fingerprint density at radius 3 is 1.81 bits per heavy atom. The van der Waals surface area contributed by atoms with Crippen LogP contribution in [0.25, 0.3) is 44.2 Å². The largest absolute Gasteiger partial charge is 0.484 e. The minimum Gasteiger partial charge on any atom is -0.484 e. The standard InChI is InChI=1S/C24H23NO6.C22H16N2O4/c1-29-24(28)17-8-5-11-25(14-17)22(26)15-30-18-9-10-19-20(16-6-3-2-4-7-16)13-23(27)31-21(19)12-18;25-21(24-20-8-4-5-11-23-20)14-27-16-9-10-17-18(15-6-2-1-3-7-15)13-22(26)28-19(17)12-16/h2-4,6-7,9-10,12-13,17H,5,8,11,14-15H2,1H3;1-13H,14H2,(H,23,24,25). The van der Waals surface area contributed by atoms with Gasteiger partial charge in [0.15, 0.2) is 13.2 Å². The highest BCUT2D eigenvalue weighted by Gasteiger charge is 2.29. The van der Waals surface area contributed by atoms with E-state index in [1.807, 2.05) is 72.8 Å². The molecule has 0 spiro atoms. The Labute approximate surface area is 337 Å². The van der Waals surface area contributed by atoms with Crippen molar-refractivity contribution in [2.24, 2.45) is 5.92 Å². The monoisotopic (exact) mass is 793 g/mol. The predicted molar refractivity (Wildman–Crippen MR) is 221 cm³/mol. The Kier molecular flexibility index (Phi) is 12.5. The molecule has 1 unspecified atom stereocenters. The van der Waals surface area contributed by atoms with Gasteiger partial charge in [-0.3, -0.25) is 14.4 Å². The lowest BCUT2D eigenvalue weighted by atomic mass is 9.98. The number of carbonyl (C=O) groups is 3. The molecular weight excluding hydrogens is 755 g/mol. The lowest BCUT2D eigenvalue weighted by Crippen LogP contribution is -2.44. The van der Waals surface area contributed by atoms with Gasteiger partial charge in [0.05, 0.1) is 13.0 Å². The number of anilines is 1. The Morgan fingerprint density at radius 1 is 0.712 bits per heavy atom. The van der Waals surface area contributed by atoms with Gasteiger partial charge in [0.1, 0.15) is 28.5 Å². The van der Waals surface area contributed by atoms with Gasteiger partial charge in [-0.2, -0.15) is 0 Å². The topological polar surface area (TPSA) is 167 Å². The van der Waals surface area contributed by atoms with Crippen molar-refractivity contribution in [1.29, 1.82) is 0 Å². The molecule has 0 bridgehead atoms. The molecule has 2 amide bonds. The molecule has 1 aliphatic rings. The fourth-order valence-electron chi connectivity index (χ4n) is 6.74. The summed E-state index contributed by atoms with van der Waals surface area (Å²) in [5, 5.41) is 4.21. The van der Waals surface area contributed by atoms with E-state index in [9.17, 15) is 24.0 Å². The lowest BCUT2D eigenvalue weighted by molar-refractivity contribution is -0.149. The van der Waals surface area contributed by atoms with Gasteiger partial charge >= 0.3 is 17.2 Å². The van der Waals surface area contributed by atoms with Gasteiger partial charge in [0, 0.05) is 54.3 Å². The van der Waals surface area contributed by atoms with Crippen LogP contribution in [0.15, 0.2) is 152 Å². The zero-order chi connectivity index (χ0) is 41.1. The van der Waals surface area contributed by atoms with Crippen molar-refractivity contribution < 1.29 is 37.4 Å². The Hall–Kier alpha value is -7.54. The highest BCUT2D eigenvalue weighted by Crippen LogP contribution is 2.31. The van der Waals surface area contributed by atoms with Gasteiger partial charge in [0.2, 0.25) is 0 Å². The molecule has 0 aliphatic carbocycles. The minimum absolute atomic E-state index is 0.165. The minimum atomic E-state index is -0.457. The first-order valence-corrected chi connectivity index (χ1v) is 18.8. The molecule has 4 aromatic carbocycles. The van der Waals surface area contributed by atoms with Crippen LogP contribution in [0.3, 0.4) is 0 Å². The summed E-state index contributed by atoms with van der Waals surface area (Å²) in [4.78, 5) is 66.0. The summed E-state index contributed by atoms with van der Waals surface area (Å²) in [5.41, 5.74) is 3.27. The van der Waals surface area contributed by atoms with Crippen molar-refractivity contribution in [3.05, 3.63) is 154 Å². The molecule has 7 aromatic rings. The summed E-state index contributed by atoms with van der Waals surface area (Å²) in [6.07, 6.45) is 3.05. The van der Waals surface area contributed by atoms with E-state index in [4.69, 9.17) is 23.0 Å². The van der Waals surface area contributed by atoms with E-state index in [2.05, 4.69) is 10.3 Å². The number of benzene rings is 4. The number of fused-ring (bicyclic) bond motifs is 2. The fourth-order valence-corrected chi connectivity index (χ4v) is 6.74. The average Bonchev–Trinajstić information content (AvgIpc) is 3.27. The number of methoxy groups -OCH3 is 1. The van der Waals surface area contributed by atoms with Crippen LogP contribution in [0.5, 0.6) is 11.5 Å². The van der Waals surface area contributed by atoms with E-state index in [1.165, 1.54) is 19.2 Å². The first-order valence-electron chi connectivity index (χ1n) is 18.8. The van der Waals surface area contributed by atoms with E-state index >= 15 is 0 Å². The van der Waals surface area contributed by atoms with Crippen molar-refractivity contribution in [3.8, 4) is 33.8 Å². The van der Waals surface area contributed by atoms with Gasteiger partial charge in [0.25, 0.3) is 11.8 Å². The van der Waals surface area contributed by atoms with Crippen molar-refractivity contribution in [1.82, 2.24) is 9.88 Å². The van der Waals surface area contributed by atoms with Crippen LogP contribution in [-0.2, 0) is 19.1 Å². The number of pyridine rings is 1. The molecule has 8 rings (SSSR count). The molecule has 13 heteroatoms. The number of hydrogen-bond donors (Lipinski definition) is 1. The molecule has 0 saturated carbocycles. The maximum absolute atomic E-state index is 12.6. The molecule has 13 nitrogen and oxygen atoms in total. The molecule has 1 atom stereocenters. The highest BCUT2D eigenvalue weighted by molar-refractivity contribution is 5.95. The normalized spacial score (nSPS) is 13.5. The average molecular weight is 794 g/mol. The molecule has 1 N–H and O–H groups in total. The summed E-state index contributed by atoms with van der Waals surface area (Å²) >= 11 is 0. The quantitative estimate of drug-likeness (QED) is 0.111. The summed E-state index contributed by atoms with van der Waals surface area (Å²) < 4.78 is 26.7. The van der Waals surface area contributed by atoms with Gasteiger partial charge in [-0.25, -0.2) is 14.6 Å². The molecule has 1 fully saturated rings. The fraction of sp³-hybridized carbons (Fsp3) is 0.174. The lowest BCUT2D eigenvalue weighted by Gasteiger charge is -2.31. The zero-order valence-corrected chi connectivity index (χ0v) is 32.0. The highest BCUT2D eigenvalue weighted by atomic mass is 16.5. The molecule has 3 aromatic heterocycles. The van der Waals surface area contributed by atoms with Crippen LogP contribution in [0, 0.1) is 5.92 Å². The summed E-state index contributed by atoms with van der Waals surface area (Å²) in [5.74, 6) is 0.179. The SMILES string of the molecule is COC(=O)C1CCCN(C(=O)COc2ccc3c(-c4ccccc4)cc(=O)oc3c2)C1.O=C(COc1ccc2c(-c3ccccc3)cc(=O)oc2c1)Nc1ccccn1. The van der Waals surface area contributed by atoms with Crippen molar-refractivity contribution in [2.75, 3.05) is 38.7 Å². The van der Waals surface area contributed by atoms with Gasteiger partial charge in [-0.15, -0.1) is 0 Å². The van der Waals surface area contributed by atoms with E-state index < -0.39 is 11.3 Å². The van der Waals surface area contributed by atoms with E-state index in [-0.39, 0.29) is 36.9 Å². The number of hydrogen-bond acceptors (Lipinski definition) is 11. The first-order chi connectivity index (χ1) is 28.7. The Morgan fingerprint density at radius 2 is 1.27 bits per heavy atom. The van der Waals surface area contributed by atoms with Crippen LogP contribution < -0.4 is 26.0 Å². The summed E-state index contributed by atoms with van der Waals surface area (Å²) in [7, 11) is 1.35. The number of rotatable bonds is 10. The second-order valence-electron chi connectivity index (χ2n) is 13.5. The Balaban J connectivity index is 0.000000180. The molecule has 4 heterocycles. The molecular formula is C46H39N3O10. The number of amides is 2. The summed E-state index contributed by atoms with van der Waals surface area (Å²) in [6.45, 7) is 0.567. The number of aromatic nitrogens is 1. The van der Waals surface area contributed by atoms with Gasteiger partial charge < -0.3 is 33.3 Å². The van der Waals surface area contributed by atoms with Crippen LogP contribution in [0.2, 0.25) is 0 Å². The molecule has 59 heavy (non-hydrogen) atoms. The van der Waals surface area contributed by atoms with E-state index in [0.29, 0.717) is 48.0 Å². The van der Waals surface area contributed by atoms with Crippen molar-refractivity contribution in [3.63, 3.8) is 0 Å². The third-order valence-corrected chi connectivity index (χ3v) is 9.57. The second-order valence-corrected chi connectivity index (χ2v) is 13.5. The summed E-state index contributed by atoms with van der Waals surface area (Å²) in [6, 6.07) is 37.7. The number of likely N-dealkylation sites (tertiary alicyclic amines) is 1. The number of esters is 1. The van der Waals surface area contributed by atoms with Crippen LogP contribution >= 0.6 is 0 Å². The van der Waals surface area contributed by atoms with Crippen molar-refractivity contribution >= 4 is 45.5 Å². The molecule has 1 saturated heterocycles. The third-order valence-electron chi connectivity index (χ3n) is 9.57. The predicted octanol–water partition coefficient (Wildman–Crippen LogP) is 7.12. The smallest absolute Gasteiger partial charge is 0.336 e. The van der Waals surface area contributed by atoms with E-state index in [0.717, 1.165) is 39.4 Å². The first kappa shape index (κ1) is 39.7. The number of nitrogens with one attached hydrogen (secondary N) is 1. The number of carbonyl (C=O) groups excluding carboxylic acids is 3. The molecule has 298 valence electrons.